The molecule has 138 valence electrons. The van der Waals surface area contributed by atoms with E-state index in [9.17, 15) is 0 Å². The molecule has 0 saturated heterocycles. The van der Waals surface area contributed by atoms with E-state index in [1.165, 1.54) is 10.4 Å². The van der Waals surface area contributed by atoms with Gasteiger partial charge in [0.1, 0.15) is 11.6 Å². The minimum absolute atomic E-state index is 0.647. The van der Waals surface area contributed by atoms with Crippen molar-refractivity contribution in [1.29, 1.82) is 0 Å². The summed E-state index contributed by atoms with van der Waals surface area (Å²) in [7, 11) is 4.15. The van der Waals surface area contributed by atoms with Crippen molar-refractivity contribution < 1.29 is 4.74 Å². The molecule has 26 heavy (non-hydrogen) atoms. The van der Waals surface area contributed by atoms with Crippen LogP contribution in [0.5, 0.6) is 5.75 Å². The lowest BCUT2D eigenvalue weighted by Crippen LogP contribution is -2.19. The van der Waals surface area contributed by atoms with Gasteiger partial charge in [-0.1, -0.05) is 30.0 Å². The van der Waals surface area contributed by atoms with E-state index < -0.39 is 0 Å². The summed E-state index contributed by atoms with van der Waals surface area (Å²) < 4.78 is 7.80. The highest BCUT2D eigenvalue weighted by molar-refractivity contribution is 7.99. The molecular formula is C19H24N4OS2. The maximum Gasteiger partial charge on any atom is 0.191 e. The van der Waals surface area contributed by atoms with Gasteiger partial charge in [-0.15, -0.1) is 21.5 Å². The molecule has 0 radical (unpaired) electrons. The summed E-state index contributed by atoms with van der Waals surface area (Å²) in [6, 6.07) is 12.0. The van der Waals surface area contributed by atoms with E-state index in [4.69, 9.17) is 4.74 Å². The Morgan fingerprint density at radius 1 is 1.15 bits per heavy atom. The Labute approximate surface area is 163 Å². The average molecular weight is 389 g/mol. The first kappa shape index (κ1) is 18.9. The number of benzene rings is 1. The smallest absolute Gasteiger partial charge is 0.191 e. The van der Waals surface area contributed by atoms with Crippen molar-refractivity contribution >= 4 is 23.1 Å². The Hall–Kier alpha value is -1.83. The van der Waals surface area contributed by atoms with Crippen molar-refractivity contribution in [2.75, 3.05) is 19.4 Å². The van der Waals surface area contributed by atoms with Crippen LogP contribution in [0.4, 0.5) is 0 Å². The van der Waals surface area contributed by atoms with Crippen molar-refractivity contribution in [2.45, 2.75) is 25.2 Å². The number of thioether (sulfide) groups is 1. The molecule has 3 aromatic rings. The van der Waals surface area contributed by atoms with E-state index in [1.54, 1.807) is 11.8 Å². The molecule has 0 spiro atoms. The first-order chi connectivity index (χ1) is 12.6. The van der Waals surface area contributed by atoms with Crippen LogP contribution in [0.2, 0.25) is 0 Å². The molecule has 0 N–H and O–H groups in total. The monoisotopic (exact) mass is 388 g/mol. The molecule has 0 aliphatic rings. The van der Waals surface area contributed by atoms with Crippen molar-refractivity contribution in [3.8, 4) is 5.75 Å². The fraction of sp³-hybridized carbons (Fsp3) is 0.368. The number of hydrogen-bond acceptors (Lipinski definition) is 6. The Morgan fingerprint density at radius 3 is 2.69 bits per heavy atom. The zero-order chi connectivity index (χ0) is 18.4. The van der Waals surface area contributed by atoms with Crippen LogP contribution in [0, 0.1) is 6.92 Å². The molecule has 5 nitrogen and oxygen atoms in total. The molecular weight excluding hydrogens is 364 g/mol. The zero-order valence-electron chi connectivity index (χ0n) is 15.4. The van der Waals surface area contributed by atoms with Gasteiger partial charge in [0, 0.05) is 24.2 Å². The predicted molar refractivity (Wildman–Crippen MR) is 108 cm³/mol. The third kappa shape index (κ3) is 5.09. The van der Waals surface area contributed by atoms with E-state index in [0.717, 1.165) is 35.6 Å². The largest absolute Gasteiger partial charge is 0.493 e. The van der Waals surface area contributed by atoms with Crippen LogP contribution in [0.1, 0.15) is 16.3 Å². The van der Waals surface area contributed by atoms with Crippen LogP contribution in [0.15, 0.2) is 46.9 Å². The predicted octanol–water partition coefficient (Wildman–Crippen LogP) is 3.99. The molecule has 0 fully saturated rings. The van der Waals surface area contributed by atoms with Crippen molar-refractivity contribution in [3.63, 3.8) is 0 Å². The van der Waals surface area contributed by atoms with Gasteiger partial charge >= 0.3 is 0 Å². The standard InChI is InChI=1S/C19H24N4OS2/c1-15-9-11-25-17(15)13-22(2)14-18-20-21-19(23(18)3)26-12-10-24-16-7-5-4-6-8-16/h4-9,11H,10,12-14H2,1-3H3. The molecule has 0 bridgehead atoms. The van der Waals surface area contributed by atoms with Crippen molar-refractivity contribution in [1.82, 2.24) is 19.7 Å². The lowest BCUT2D eigenvalue weighted by atomic mass is 10.3. The summed E-state index contributed by atoms with van der Waals surface area (Å²) in [5.74, 6) is 2.72. The Morgan fingerprint density at radius 2 is 1.96 bits per heavy atom. The minimum atomic E-state index is 0.647. The van der Waals surface area contributed by atoms with Gasteiger partial charge < -0.3 is 9.30 Å². The highest BCUT2D eigenvalue weighted by Crippen LogP contribution is 2.20. The highest BCUT2D eigenvalue weighted by Gasteiger charge is 2.12. The lowest BCUT2D eigenvalue weighted by Gasteiger charge is -2.15. The lowest BCUT2D eigenvalue weighted by molar-refractivity contribution is 0.308. The summed E-state index contributed by atoms with van der Waals surface area (Å²) in [5, 5.41) is 11.8. The Balaban J connectivity index is 1.47. The molecule has 0 saturated carbocycles. The summed E-state index contributed by atoms with van der Waals surface area (Å²) in [6.07, 6.45) is 0. The SMILES string of the molecule is Cc1ccsc1CN(C)Cc1nnc(SCCOc2ccccc2)n1C. The maximum absolute atomic E-state index is 5.72. The molecule has 3 rings (SSSR count). The number of aryl methyl sites for hydroxylation is 1. The molecule has 2 heterocycles. The number of para-hydroxylation sites is 1. The average Bonchev–Trinajstić information content (AvgIpc) is 3.19. The van der Waals surface area contributed by atoms with Gasteiger partial charge in [0.2, 0.25) is 0 Å². The van der Waals surface area contributed by atoms with Crippen LogP contribution < -0.4 is 4.74 Å². The molecule has 0 aliphatic heterocycles. The first-order valence-electron chi connectivity index (χ1n) is 8.54. The molecule has 0 unspecified atom stereocenters. The zero-order valence-corrected chi connectivity index (χ0v) is 17.0. The normalized spacial score (nSPS) is 11.2. The third-order valence-electron chi connectivity index (χ3n) is 4.04. The third-order valence-corrected chi connectivity index (χ3v) is 6.04. The second-order valence-electron chi connectivity index (χ2n) is 6.17. The summed E-state index contributed by atoms with van der Waals surface area (Å²) in [5.41, 5.74) is 1.36. The second kappa shape index (κ2) is 9.21. The number of thiophene rings is 1. The van der Waals surface area contributed by atoms with Gasteiger partial charge in [0.25, 0.3) is 0 Å². The fourth-order valence-electron chi connectivity index (χ4n) is 2.53. The summed E-state index contributed by atoms with van der Waals surface area (Å²) in [4.78, 5) is 3.68. The second-order valence-corrected chi connectivity index (χ2v) is 8.23. The van der Waals surface area contributed by atoms with Crippen LogP contribution in [-0.4, -0.2) is 39.1 Å². The van der Waals surface area contributed by atoms with E-state index in [1.807, 2.05) is 48.7 Å². The number of ether oxygens (including phenoxy) is 1. The number of hydrogen-bond donors (Lipinski definition) is 0. The van der Waals surface area contributed by atoms with Gasteiger partial charge in [0.15, 0.2) is 5.16 Å². The van der Waals surface area contributed by atoms with Crippen LogP contribution in [0.25, 0.3) is 0 Å². The minimum Gasteiger partial charge on any atom is -0.493 e. The summed E-state index contributed by atoms with van der Waals surface area (Å²) >= 11 is 3.48. The van der Waals surface area contributed by atoms with Crippen molar-refractivity contribution in [2.24, 2.45) is 7.05 Å². The van der Waals surface area contributed by atoms with Crippen LogP contribution in [-0.2, 0) is 20.1 Å². The number of aromatic nitrogens is 3. The molecule has 0 amide bonds. The van der Waals surface area contributed by atoms with Gasteiger partial charge in [-0.25, -0.2) is 0 Å². The fourth-order valence-corrected chi connectivity index (χ4v) is 4.26. The Bertz CT molecular complexity index is 816. The van der Waals surface area contributed by atoms with E-state index in [0.29, 0.717) is 6.61 Å². The van der Waals surface area contributed by atoms with E-state index >= 15 is 0 Å². The highest BCUT2D eigenvalue weighted by atomic mass is 32.2. The van der Waals surface area contributed by atoms with Gasteiger partial charge in [0.05, 0.1) is 13.2 Å². The molecule has 0 atom stereocenters. The van der Waals surface area contributed by atoms with Crippen molar-refractivity contribution in [3.05, 3.63) is 58.0 Å². The Kier molecular flexibility index (Phi) is 6.71. The first-order valence-corrected chi connectivity index (χ1v) is 10.4. The quantitative estimate of drug-likeness (QED) is 0.410. The number of nitrogens with zero attached hydrogens (tertiary/aromatic N) is 4. The maximum atomic E-state index is 5.72. The topological polar surface area (TPSA) is 43.2 Å². The molecule has 7 heteroatoms. The van der Waals surface area contributed by atoms with Gasteiger partial charge in [-0.05, 0) is 43.1 Å². The number of rotatable bonds is 9. The van der Waals surface area contributed by atoms with Gasteiger partial charge in [-0.2, -0.15) is 0 Å². The van der Waals surface area contributed by atoms with E-state index in [2.05, 4.69) is 45.1 Å². The van der Waals surface area contributed by atoms with Crippen LogP contribution >= 0.6 is 23.1 Å². The molecule has 0 aliphatic carbocycles. The summed E-state index contributed by atoms with van der Waals surface area (Å²) in [6.45, 7) is 4.52. The van der Waals surface area contributed by atoms with Gasteiger partial charge in [-0.3, -0.25) is 4.90 Å². The van der Waals surface area contributed by atoms with E-state index in [-0.39, 0.29) is 0 Å². The van der Waals surface area contributed by atoms with Crippen LogP contribution in [0.3, 0.4) is 0 Å². The molecule has 2 aromatic heterocycles. The molecule has 1 aromatic carbocycles.